The summed E-state index contributed by atoms with van der Waals surface area (Å²) in [5.41, 5.74) is -0.438. The van der Waals surface area contributed by atoms with Gasteiger partial charge in [-0.2, -0.15) is 13.2 Å². The van der Waals surface area contributed by atoms with Gasteiger partial charge in [-0.3, -0.25) is 4.98 Å². The Kier molecular flexibility index (Phi) is 3.92. The van der Waals surface area contributed by atoms with E-state index >= 15 is 0 Å². The van der Waals surface area contributed by atoms with Gasteiger partial charge in [-0.05, 0) is 43.5 Å². The highest BCUT2D eigenvalue weighted by Gasteiger charge is 2.50. The van der Waals surface area contributed by atoms with Crippen molar-refractivity contribution in [3.63, 3.8) is 0 Å². The van der Waals surface area contributed by atoms with Crippen molar-refractivity contribution in [1.82, 2.24) is 15.2 Å². The Labute approximate surface area is 163 Å². The molecule has 1 saturated carbocycles. The predicted octanol–water partition coefficient (Wildman–Crippen LogP) is 4.15. The van der Waals surface area contributed by atoms with Crippen LogP contribution in [0.5, 0.6) is 5.75 Å². The van der Waals surface area contributed by atoms with E-state index in [9.17, 15) is 18.3 Å². The number of phenolic OH excluding ortho intramolecular Hbond substituents is 1. The lowest BCUT2D eigenvalue weighted by molar-refractivity contribution is -0.137. The number of benzene rings is 1. The lowest BCUT2D eigenvalue weighted by Gasteiger charge is -2.15. The van der Waals surface area contributed by atoms with Crippen LogP contribution in [0.15, 0.2) is 36.7 Å². The molecule has 6 nitrogen and oxygen atoms in total. The summed E-state index contributed by atoms with van der Waals surface area (Å²) in [6.45, 7) is 0.588. The first kappa shape index (κ1) is 18.1. The smallest absolute Gasteiger partial charge is 0.416 e. The summed E-state index contributed by atoms with van der Waals surface area (Å²) in [5.74, 6) is 0.0300. The van der Waals surface area contributed by atoms with E-state index in [4.69, 9.17) is 4.74 Å². The van der Waals surface area contributed by atoms with Crippen LogP contribution in [-0.2, 0) is 10.9 Å². The van der Waals surface area contributed by atoms with Crippen molar-refractivity contribution >= 4 is 16.6 Å². The van der Waals surface area contributed by atoms with Crippen LogP contribution in [0.2, 0.25) is 0 Å². The van der Waals surface area contributed by atoms with E-state index in [2.05, 4.69) is 20.5 Å². The zero-order chi connectivity index (χ0) is 20.2. The summed E-state index contributed by atoms with van der Waals surface area (Å²) in [6.07, 6.45) is 1.70. The molecule has 1 aliphatic heterocycles. The third kappa shape index (κ3) is 3.25. The van der Waals surface area contributed by atoms with Gasteiger partial charge in [0.1, 0.15) is 11.4 Å². The molecule has 5 rings (SSSR count). The topological polar surface area (TPSA) is 80.2 Å². The minimum absolute atomic E-state index is 0.0190. The summed E-state index contributed by atoms with van der Waals surface area (Å²) in [7, 11) is 0. The molecule has 1 spiro atoms. The second kappa shape index (κ2) is 6.28. The van der Waals surface area contributed by atoms with Gasteiger partial charge >= 0.3 is 6.18 Å². The van der Waals surface area contributed by atoms with Gasteiger partial charge in [-0.15, -0.1) is 10.2 Å². The number of halogens is 3. The van der Waals surface area contributed by atoms with Gasteiger partial charge in [0.2, 0.25) is 0 Å². The summed E-state index contributed by atoms with van der Waals surface area (Å²) in [5, 5.41) is 23.3. The number of alkyl halides is 3. The number of aromatic hydroxyl groups is 1. The highest BCUT2D eigenvalue weighted by Crippen LogP contribution is 2.48. The Bertz CT molecular complexity index is 1100. The number of ether oxygens (including phenoxy) is 1. The van der Waals surface area contributed by atoms with Crippen LogP contribution in [-0.4, -0.2) is 38.5 Å². The maximum absolute atomic E-state index is 12.9. The SMILES string of the molecule is Oc1cc(C(F)(F)F)ccc1-c1nnc(N[C@H]2COC3(CC3)C2)c2cnccc12. The second-order valence-corrected chi connectivity index (χ2v) is 7.59. The van der Waals surface area contributed by atoms with Crippen LogP contribution < -0.4 is 5.32 Å². The molecule has 0 unspecified atom stereocenters. The molecule has 1 saturated heterocycles. The van der Waals surface area contributed by atoms with Crippen LogP contribution in [0.4, 0.5) is 19.0 Å². The van der Waals surface area contributed by atoms with E-state index in [0.29, 0.717) is 35.0 Å². The van der Waals surface area contributed by atoms with Gasteiger partial charge in [0.05, 0.1) is 23.8 Å². The summed E-state index contributed by atoms with van der Waals surface area (Å²) in [6, 6.07) is 4.63. The molecule has 1 atom stereocenters. The Morgan fingerprint density at radius 2 is 1.97 bits per heavy atom. The minimum Gasteiger partial charge on any atom is -0.507 e. The van der Waals surface area contributed by atoms with E-state index in [0.717, 1.165) is 25.3 Å². The molecule has 29 heavy (non-hydrogen) atoms. The fourth-order valence-electron chi connectivity index (χ4n) is 3.83. The Morgan fingerprint density at radius 1 is 1.14 bits per heavy atom. The Hall–Kier alpha value is -2.94. The number of fused-ring (bicyclic) bond motifs is 1. The van der Waals surface area contributed by atoms with Gasteiger partial charge in [-0.1, -0.05) is 0 Å². The minimum atomic E-state index is -4.54. The standard InChI is InChI=1S/C20H17F3N4O2/c21-20(22,23)11-1-2-14(16(28)7-11)17-13-3-6-24-9-15(13)18(27-26-17)25-12-8-19(4-5-19)29-10-12/h1-3,6-7,9,12,28H,4-5,8,10H2,(H,25,27)/t12-/m1/s1. The largest absolute Gasteiger partial charge is 0.507 e. The maximum atomic E-state index is 12.9. The fourth-order valence-corrected chi connectivity index (χ4v) is 3.83. The number of anilines is 1. The van der Waals surface area contributed by atoms with E-state index in [1.807, 2.05) is 0 Å². The van der Waals surface area contributed by atoms with Crippen molar-refractivity contribution in [3.05, 3.63) is 42.2 Å². The van der Waals surface area contributed by atoms with Gasteiger partial charge < -0.3 is 15.2 Å². The predicted molar refractivity (Wildman–Crippen MR) is 99.4 cm³/mol. The van der Waals surface area contributed by atoms with Crippen molar-refractivity contribution < 1.29 is 23.0 Å². The average molecular weight is 402 g/mol. The van der Waals surface area contributed by atoms with Gasteiger partial charge in [0, 0.05) is 28.7 Å². The quantitative estimate of drug-likeness (QED) is 0.685. The molecule has 2 aromatic heterocycles. The van der Waals surface area contributed by atoms with Gasteiger partial charge in [0.15, 0.2) is 5.82 Å². The lowest BCUT2D eigenvalue weighted by atomic mass is 10.0. The van der Waals surface area contributed by atoms with Gasteiger partial charge in [0.25, 0.3) is 0 Å². The van der Waals surface area contributed by atoms with E-state index < -0.39 is 17.5 Å². The monoisotopic (exact) mass is 402 g/mol. The van der Waals surface area contributed by atoms with Crippen LogP contribution in [0.25, 0.3) is 22.0 Å². The summed E-state index contributed by atoms with van der Waals surface area (Å²) >= 11 is 0. The number of phenols is 1. The van der Waals surface area contributed by atoms with Crippen molar-refractivity contribution in [2.24, 2.45) is 0 Å². The molecule has 0 amide bonds. The molecule has 1 aliphatic carbocycles. The molecule has 9 heteroatoms. The molecule has 2 aliphatic rings. The number of rotatable bonds is 3. The number of pyridine rings is 1. The second-order valence-electron chi connectivity index (χ2n) is 7.59. The Morgan fingerprint density at radius 3 is 2.66 bits per heavy atom. The summed E-state index contributed by atoms with van der Waals surface area (Å²) < 4.78 is 44.5. The van der Waals surface area contributed by atoms with Gasteiger partial charge in [-0.25, -0.2) is 0 Å². The van der Waals surface area contributed by atoms with Crippen LogP contribution >= 0.6 is 0 Å². The first-order chi connectivity index (χ1) is 13.8. The number of nitrogens with one attached hydrogen (secondary N) is 1. The lowest BCUT2D eigenvalue weighted by Crippen LogP contribution is -2.21. The zero-order valence-corrected chi connectivity index (χ0v) is 15.2. The normalized spacial score (nSPS) is 20.3. The fraction of sp³-hybridized carbons (Fsp3) is 0.350. The molecule has 0 radical (unpaired) electrons. The number of hydrogen-bond acceptors (Lipinski definition) is 6. The molecule has 3 aromatic rings. The molecule has 1 aromatic carbocycles. The molecule has 2 N–H and O–H groups in total. The van der Waals surface area contributed by atoms with Crippen molar-refractivity contribution in [2.45, 2.75) is 37.1 Å². The Balaban J connectivity index is 1.53. The van der Waals surface area contributed by atoms with Crippen LogP contribution in [0.1, 0.15) is 24.8 Å². The number of nitrogens with zero attached hydrogens (tertiary/aromatic N) is 3. The van der Waals surface area contributed by atoms with Crippen molar-refractivity contribution in [3.8, 4) is 17.0 Å². The average Bonchev–Trinajstić information content (AvgIpc) is 3.33. The van der Waals surface area contributed by atoms with E-state index in [1.165, 1.54) is 6.07 Å². The van der Waals surface area contributed by atoms with E-state index in [1.54, 1.807) is 18.5 Å². The highest BCUT2D eigenvalue weighted by molar-refractivity contribution is 6.00. The van der Waals surface area contributed by atoms with Crippen LogP contribution in [0.3, 0.4) is 0 Å². The number of hydrogen-bond donors (Lipinski definition) is 2. The molecular formula is C20H17F3N4O2. The molecule has 150 valence electrons. The zero-order valence-electron chi connectivity index (χ0n) is 15.2. The maximum Gasteiger partial charge on any atom is 0.416 e. The van der Waals surface area contributed by atoms with Crippen LogP contribution in [0, 0.1) is 0 Å². The van der Waals surface area contributed by atoms with Crippen molar-refractivity contribution in [2.75, 3.05) is 11.9 Å². The first-order valence-electron chi connectivity index (χ1n) is 9.26. The van der Waals surface area contributed by atoms with E-state index in [-0.39, 0.29) is 17.2 Å². The molecule has 0 bridgehead atoms. The third-order valence-electron chi connectivity index (χ3n) is 5.52. The molecule has 3 heterocycles. The molecular weight excluding hydrogens is 385 g/mol. The highest BCUT2D eigenvalue weighted by atomic mass is 19.4. The number of aromatic nitrogens is 3. The first-order valence-corrected chi connectivity index (χ1v) is 9.26. The third-order valence-corrected chi connectivity index (χ3v) is 5.52. The van der Waals surface area contributed by atoms with Crippen molar-refractivity contribution in [1.29, 1.82) is 0 Å². The summed E-state index contributed by atoms with van der Waals surface area (Å²) in [4.78, 5) is 4.14. The molecule has 2 fully saturated rings.